The first-order valence-corrected chi connectivity index (χ1v) is 9.54. The minimum Gasteiger partial charge on any atom is -0.454 e. The van der Waals surface area contributed by atoms with Crippen LogP contribution in [-0.4, -0.2) is 40.8 Å². The van der Waals surface area contributed by atoms with E-state index < -0.39 is 10.0 Å². The molecule has 2 aromatic rings. The topological polar surface area (TPSA) is 67.9 Å². The number of benzene rings is 2. The average Bonchev–Trinajstić information content (AvgIpc) is 3.04. The van der Waals surface area contributed by atoms with Gasteiger partial charge < -0.3 is 14.4 Å². The molecule has 3 rings (SSSR count). The van der Waals surface area contributed by atoms with Crippen molar-refractivity contribution in [1.82, 2.24) is 9.62 Å². The molecule has 1 heterocycles. The van der Waals surface area contributed by atoms with E-state index in [1.807, 2.05) is 31.1 Å². The molecule has 0 fully saturated rings. The molecule has 6 nitrogen and oxygen atoms in total. The molecule has 0 saturated carbocycles. The lowest BCUT2D eigenvalue weighted by Crippen LogP contribution is -2.34. The van der Waals surface area contributed by atoms with Gasteiger partial charge >= 0.3 is 0 Å². The standard InChI is InChI=1S/C17H19ClN2O4S/c1-20(2)15(12-3-5-13(18)6-4-12)10-19-25(21,22)14-7-8-16-17(9-14)24-11-23-16/h3-9,15,19H,10-11H2,1-2H3/t15-/m1/s1. The van der Waals surface area contributed by atoms with Gasteiger partial charge in [-0.15, -0.1) is 0 Å². The quantitative estimate of drug-likeness (QED) is 0.831. The van der Waals surface area contributed by atoms with Gasteiger partial charge in [0.25, 0.3) is 0 Å². The van der Waals surface area contributed by atoms with Crippen LogP contribution in [-0.2, 0) is 10.0 Å². The van der Waals surface area contributed by atoms with Crippen molar-refractivity contribution in [3.63, 3.8) is 0 Å². The van der Waals surface area contributed by atoms with Crippen LogP contribution in [0, 0.1) is 0 Å². The van der Waals surface area contributed by atoms with Crippen LogP contribution in [0.3, 0.4) is 0 Å². The maximum Gasteiger partial charge on any atom is 0.240 e. The highest BCUT2D eigenvalue weighted by Crippen LogP contribution is 2.33. The zero-order valence-electron chi connectivity index (χ0n) is 13.9. The SMILES string of the molecule is CN(C)[C@H](CNS(=O)(=O)c1ccc2c(c1)OCO2)c1ccc(Cl)cc1. The molecule has 1 N–H and O–H groups in total. The normalized spacial score (nSPS) is 14.7. The molecule has 1 aliphatic heterocycles. The molecular weight excluding hydrogens is 364 g/mol. The molecule has 0 aliphatic carbocycles. The Labute approximate surface area is 152 Å². The minimum absolute atomic E-state index is 0.103. The largest absolute Gasteiger partial charge is 0.454 e. The van der Waals surface area contributed by atoms with Crippen molar-refractivity contribution >= 4 is 21.6 Å². The van der Waals surface area contributed by atoms with Gasteiger partial charge in [0.1, 0.15) is 0 Å². The number of hydrogen-bond donors (Lipinski definition) is 1. The number of sulfonamides is 1. The molecular formula is C17H19ClN2O4S. The molecule has 134 valence electrons. The van der Waals surface area contributed by atoms with Gasteiger partial charge in [-0.1, -0.05) is 23.7 Å². The van der Waals surface area contributed by atoms with Crippen molar-refractivity contribution in [2.45, 2.75) is 10.9 Å². The second-order valence-electron chi connectivity index (χ2n) is 5.90. The average molecular weight is 383 g/mol. The van der Waals surface area contributed by atoms with Crippen molar-refractivity contribution in [2.75, 3.05) is 27.4 Å². The molecule has 2 aromatic carbocycles. The highest BCUT2D eigenvalue weighted by molar-refractivity contribution is 7.89. The summed E-state index contributed by atoms with van der Waals surface area (Å²) in [7, 11) is 0.129. The Hall–Kier alpha value is -1.80. The Bertz CT molecular complexity index is 853. The summed E-state index contributed by atoms with van der Waals surface area (Å²) >= 11 is 5.92. The van der Waals surface area contributed by atoms with E-state index in [0.717, 1.165) is 5.56 Å². The van der Waals surface area contributed by atoms with Crippen LogP contribution in [0.15, 0.2) is 47.4 Å². The molecule has 25 heavy (non-hydrogen) atoms. The molecule has 0 saturated heterocycles. The van der Waals surface area contributed by atoms with Crippen molar-refractivity contribution in [2.24, 2.45) is 0 Å². The van der Waals surface area contributed by atoms with E-state index in [2.05, 4.69) is 4.72 Å². The summed E-state index contributed by atoms with van der Waals surface area (Å²) in [6.45, 7) is 0.330. The Morgan fingerprint density at radius 1 is 1.12 bits per heavy atom. The summed E-state index contributed by atoms with van der Waals surface area (Å²) in [5.41, 5.74) is 0.975. The van der Waals surface area contributed by atoms with Crippen molar-refractivity contribution in [3.8, 4) is 11.5 Å². The number of rotatable bonds is 6. The molecule has 0 bridgehead atoms. The smallest absolute Gasteiger partial charge is 0.240 e. The van der Waals surface area contributed by atoms with Crippen LogP contribution in [0.25, 0.3) is 0 Å². The van der Waals surface area contributed by atoms with Crippen LogP contribution < -0.4 is 14.2 Å². The fourth-order valence-electron chi connectivity index (χ4n) is 2.60. The fourth-order valence-corrected chi connectivity index (χ4v) is 3.78. The van der Waals surface area contributed by atoms with Crippen LogP contribution in [0.4, 0.5) is 0 Å². The van der Waals surface area contributed by atoms with Gasteiger partial charge in [0.15, 0.2) is 11.5 Å². The van der Waals surface area contributed by atoms with Crippen LogP contribution in [0.1, 0.15) is 11.6 Å². The predicted molar refractivity (Wildman–Crippen MR) is 95.6 cm³/mol. The Kier molecular flexibility index (Phi) is 5.19. The maximum atomic E-state index is 12.6. The highest BCUT2D eigenvalue weighted by Gasteiger charge is 2.22. The number of ether oxygens (including phenoxy) is 2. The summed E-state index contributed by atoms with van der Waals surface area (Å²) < 4.78 is 38.3. The van der Waals surface area contributed by atoms with E-state index in [-0.39, 0.29) is 24.3 Å². The molecule has 0 radical (unpaired) electrons. The first kappa shape index (κ1) is 18.0. The molecule has 8 heteroatoms. The number of hydrogen-bond acceptors (Lipinski definition) is 5. The first-order valence-electron chi connectivity index (χ1n) is 7.68. The molecule has 1 aliphatic rings. The molecule has 0 aromatic heterocycles. The Morgan fingerprint density at radius 2 is 1.80 bits per heavy atom. The van der Waals surface area contributed by atoms with Crippen LogP contribution in [0.5, 0.6) is 11.5 Å². The van der Waals surface area contributed by atoms with Crippen molar-refractivity contribution < 1.29 is 17.9 Å². The fraction of sp³-hybridized carbons (Fsp3) is 0.294. The van der Waals surface area contributed by atoms with E-state index in [1.54, 1.807) is 18.2 Å². The molecule has 0 spiro atoms. The Morgan fingerprint density at radius 3 is 2.48 bits per heavy atom. The number of fused-ring (bicyclic) bond motifs is 1. The third kappa shape index (κ3) is 4.07. The zero-order chi connectivity index (χ0) is 18.0. The molecule has 1 atom stereocenters. The summed E-state index contributed by atoms with van der Waals surface area (Å²) in [4.78, 5) is 2.09. The van der Waals surface area contributed by atoms with Crippen molar-refractivity contribution in [1.29, 1.82) is 0 Å². The second-order valence-corrected chi connectivity index (χ2v) is 8.10. The summed E-state index contributed by atoms with van der Waals surface area (Å²) in [6, 6.07) is 11.8. The minimum atomic E-state index is -3.66. The van der Waals surface area contributed by atoms with Gasteiger partial charge in [0.2, 0.25) is 16.8 Å². The maximum absolute atomic E-state index is 12.6. The second kappa shape index (κ2) is 7.21. The predicted octanol–water partition coefficient (Wildman–Crippen LogP) is 2.65. The third-order valence-corrected chi connectivity index (χ3v) is 5.67. The lowest BCUT2D eigenvalue weighted by atomic mass is 10.1. The molecule has 0 amide bonds. The van der Waals surface area contributed by atoms with Crippen molar-refractivity contribution in [3.05, 3.63) is 53.1 Å². The summed E-state index contributed by atoms with van der Waals surface area (Å²) in [5.74, 6) is 0.982. The first-order chi connectivity index (χ1) is 11.9. The molecule has 0 unspecified atom stereocenters. The lowest BCUT2D eigenvalue weighted by Gasteiger charge is -2.25. The van der Waals surface area contributed by atoms with Crippen LogP contribution >= 0.6 is 11.6 Å². The summed E-state index contributed by atoms with van der Waals surface area (Å²) in [5, 5.41) is 0.641. The summed E-state index contributed by atoms with van der Waals surface area (Å²) in [6.07, 6.45) is 0. The van der Waals surface area contributed by atoms with Gasteiger partial charge in [-0.05, 0) is 43.9 Å². The van der Waals surface area contributed by atoms with Gasteiger partial charge in [0, 0.05) is 23.7 Å². The van der Waals surface area contributed by atoms with E-state index in [1.165, 1.54) is 12.1 Å². The Balaban J connectivity index is 1.76. The van der Waals surface area contributed by atoms with E-state index in [0.29, 0.717) is 16.5 Å². The van der Waals surface area contributed by atoms with Crippen LogP contribution in [0.2, 0.25) is 5.02 Å². The zero-order valence-corrected chi connectivity index (χ0v) is 15.5. The van der Waals surface area contributed by atoms with Gasteiger partial charge in [-0.25, -0.2) is 13.1 Å². The van der Waals surface area contributed by atoms with E-state index in [4.69, 9.17) is 21.1 Å². The van der Waals surface area contributed by atoms with E-state index >= 15 is 0 Å². The van der Waals surface area contributed by atoms with Gasteiger partial charge in [0.05, 0.1) is 4.90 Å². The highest BCUT2D eigenvalue weighted by atomic mass is 35.5. The van der Waals surface area contributed by atoms with Gasteiger partial charge in [-0.3, -0.25) is 0 Å². The number of nitrogens with one attached hydrogen (secondary N) is 1. The van der Waals surface area contributed by atoms with Gasteiger partial charge in [-0.2, -0.15) is 0 Å². The number of halogens is 1. The van der Waals surface area contributed by atoms with E-state index in [9.17, 15) is 8.42 Å². The number of likely N-dealkylation sites (N-methyl/N-ethyl adjacent to an activating group) is 1. The third-order valence-electron chi connectivity index (χ3n) is 4.00. The lowest BCUT2D eigenvalue weighted by molar-refractivity contribution is 0.174. The monoisotopic (exact) mass is 382 g/mol. The number of nitrogens with zero attached hydrogens (tertiary/aromatic N) is 1.